The molecule has 1 heterocycles. The summed E-state index contributed by atoms with van der Waals surface area (Å²) in [5, 5.41) is 2.67. The van der Waals surface area contributed by atoms with Gasteiger partial charge >= 0.3 is 0 Å². The Bertz CT molecular complexity index is 936. The zero-order chi connectivity index (χ0) is 18.8. The molecule has 7 heteroatoms. The Morgan fingerprint density at radius 3 is 2.27 bits per heavy atom. The largest absolute Gasteiger partial charge is 0.350 e. The van der Waals surface area contributed by atoms with Gasteiger partial charge in [-0.15, -0.1) is 6.58 Å². The van der Waals surface area contributed by atoms with Gasteiger partial charge in [0.2, 0.25) is 0 Å². The van der Waals surface area contributed by atoms with Crippen molar-refractivity contribution in [1.82, 2.24) is 4.90 Å². The van der Waals surface area contributed by atoms with Crippen molar-refractivity contribution >= 4 is 23.1 Å². The van der Waals surface area contributed by atoms with Gasteiger partial charge in [0.05, 0.1) is 5.57 Å². The van der Waals surface area contributed by atoms with Crippen LogP contribution in [0.15, 0.2) is 60.8 Å². The molecule has 2 aromatic rings. The van der Waals surface area contributed by atoms with Crippen molar-refractivity contribution in [3.8, 4) is 0 Å². The Morgan fingerprint density at radius 2 is 1.65 bits per heavy atom. The highest BCUT2D eigenvalue weighted by Crippen LogP contribution is 2.30. The molecule has 4 nitrogen and oxygen atoms in total. The van der Waals surface area contributed by atoms with Crippen LogP contribution >= 0.6 is 0 Å². The number of nitrogens with zero attached hydrogens (tertiary/aromatic N) is 1. The lowest BCUT2D eigenvalue weighted by molar-refractivity contribution is -0.136. The molecular formula is C19H13F3N2O2. The minimum atomic E-state index is -1.10. The third kappa shape index (κ3) is 3.11. The highest BCUT2D eigenvalue weighted by molar-refractivity contribution is 6.36. The van der Waals surface area contributed by atoms with Gasteiger partial charge in [-0.1, -0.05) is 18.2 Å². The van der Waals surface area contributed by atoms with Crippen molar-refractivity contribution in [3.63, 3.8) is 0 Å². The smallest absolute Gasteiger partial charge is 0.278 e. The molecule has 0 saturated carbocycles. The predicted molar refractivity (Wildman–Crippen MR) is 90.2 cm³/mol. The summed E-state index contributed by atoms with van der Waals surface area (Å²) in [6.45, 7) is 3.48. The molecule has 1 aliphatic rings. The Morgan fingerprint density at radius 1 is 0.962 bits per heavy atom. The summed E-state index contributed by atoms with van der Waals surface area (Å²) in [7, 11) is 0. The fourth-order valence-electron chi connectivity index (χ4n) is 2.59. The molecule has 2 amide bonds. The number of imide groups is 1. The van der Waals surface area contributed by atoms with Gasteiger partial charge in [-0.2, -0.15) is 0 Å². The molecule has 2 aromatic carbocycles. The third-order valence-corrected chi connectivity index (χ3v) is 3.80. The van der Waals surface area contributed by atoms with Crippen LogP contribution in [0.3, 0.4) is 0 Å². The van der Waals surface area contributed by atoms with Crippen molar-refractivity contribution in [2.24, 2.45) is 0 Å². The number of carbonyl (C=O) groups is 2. The Balaban J connectivity index is 2.08. The average Bonchev–Trinajstić information content (AvgIpc) is 2.84. The van der Waals surface area contributed by atoms with E-state index >= 15 is 0 Å². The fraction of sp³-hybridized carbons (Fsp3) is 0.0526. The average molecular weight is 358 g/mol. The van der Waals surface area contributed by atoms with Gasteiger partial charge in [-0.05, 0) is 29.8 Å². The van der Waals surface area contributed by atoms with Gasteiger partial charge in [-0.3, -0.25) is 14.5 Å². The number of halogens is 3. The van der Waals surface area contributed by atoms with E-state index in [1.807, 2.05) is 0 Å². The molecule has 0 atom stereocenters. The summed E-state index contributed by atoms with van der Waals surface area (Å²) >= 11 is 0. The SMILES string of the molecule is C=CCN1C(=O)C(Nc2ccc(F)c(F)c2)=C(c2ccc(F)cc2)C1=O. The summed E-state index contributed by atoms with van der Waals surface area (Å²) in [5.74, 6) is -3.86. The van der Waals surface area contributed by atoms with Crippen molar-refractivity contribution in [2.75, 3.05) is 11.9 Å². The van der Waals surface area contributed by atoms with E-state index in [2.05, 4.69) is 11.9 Å². The van der Waals surface area contributed by atoms with Crippen LogP contribution in [0.2, 0.25) is 0 Å². The number of anilines is 1. The lowest BCUT2D eigenvalue weighted by atomic mass is 10.0. The summed E-state index contributed by atoms with van der Waals surface area (Å²) in [6.07, 6.45) is 1.39. The van der Waals surface area contributed by atoms with Gasteiger partial charge in [0.25, 0.3) is 11.8 Å². The lowest BCUT2D eigenvalue weighted by Crippen LogP contribution is -2.32. The number of hydrogen-bond acceptors (Lipinski definition) is 3. The second-order valence-corrected chi connectivity index (χ2v) is 5.52. The number of carbonyl (C=O) groups excluding carboxylic acids is 2. The van der Waals surface area contributed by atoms with Gasteiger partial charge < -0.3 is 5.32 Å². The van der Waals surface area contributed by atoms with Crippen molar-refractivity contribution in [1.29, 1.82) is 0 Å². The van der Waals surface area contributed by atoms with E-state index in [1.165, 1.54) is 24.3 Å². The standard InChI is InChI=1S/C19H13F3N2O2/c1-2-9-24-18(25)16(11-3-5-12(20)6-4-11)17(19(24)26)23-13-7-8-14(21)15(22)10-13/h2-8,10,23H,1,9H2. The molecule has 0 fully saturated rings. The molecule has 0 saturated heterocycles. The second kappa shape index (κ2) is 6.87. The first-order valence-corrected chi connectivity index (χ1v) is 7.61. The second-order valence-electron chi connectivity index (χ2n) is 5.52. The third-order valence-electron chi connectivity index (χ3n) is 3.80. The Kier molecular flexibility index (Phi) is 4.62. The Labute approximate surface area is 147 Å². The van der Waals surface area contributed by atoms with Crippen LogP contribution < -0.4 is 5.32 Å². The monoisotopic (exact) mass is 358 g/mol. The molecule has 1 N–H and O–H groups in total. The van der Waals surface area contributed by atoms with Crippen LogP contribution in [-0.2, 0) is 9.59 Å². The summed E-state index contributed by atoms with van der Waals surface area (Å²) in [4.78, 5) is 26.2. The van der Waals surface area contributed by atoms with E-state index in [0.717, 1.165) is 29.2 Å². The zero-order valence-electron chi connectivity index (χ0n) is 13.4. The molecule has 1 aliphatic heterocycles. The van der Waals surface area contributed by atoms with Crippen LogP contribution in [0, 0.1) is 17.5 Å². The van der Waals surface area contributed by atoms with E-state index in [0.29, 0.717) is 5.56 Å². The topological polar surface area (TPSA) is 49.4 Å². The highest BCUT2D eigenvalue weighted by Gasteiger charge is 2.38. The Hall–Kier alpha value is -3.35. The molecule has 132 valence electrons. The first kappa shape index (κ1) is 17.5. The van der Waals surface area contributed by atoms with Gasteiger partial charge in [-0.25, -0.2) is 13.2 Å². The number of benzene rings is 2. The van der Waals surface area contributed by atoms with Gasteiger partial charge in [0.15, 0.2) is 11.6 Å². The minimum absolute atomic E-state index is 0.0154. The van der Waals surface area contributed by atoms with E-state index in [4.69, 9.17) is 0 Å². The van der Waals surface area contributed by atoms with Crippen molar-refractivity contribution in [3.05, 3.63) is 83.8 Å². The molecular weight excluding hydrogens is 345 g/mol. The normalized spacial score (nSPS) is 14.2. The van der Waals surface area contributed by atoms with E-state index in [-0.39, 0.29) is 23.5 Å². The number of nitrogens with one attached hydrogen (secondary N) is 1. The van der Waals surface area contributed by atoms with Crippen molar-refractivity contribution in [2.45, 2.75) is 0 Å². The highest BCUT2D eigenvalue weighted by atomic mass is 19.2. The molecule has 0 radical (unpaired) electrons. The van der Waals surface area contributed by atoms with Crippen LogP contribution in [0.25, 0.3) is 5.57 Å². The maximum absolute atomic E-state index is 13.4. The summed E-state index contributed by atoms with van der Waals surface area (Å²) in [5.41, 5.74) is 0.331. The lowest BCUT2D eigenvalue weighted by Gasteiger charge is -2.12. The van der Waals surface area contributed by atoms with Crippen LogP contribution in [0.1, 0.15) is 5.56 Å². The van der Waals surface area contributed by atoms with Crippen molar-refractivity contribution < 1.29 is 22.8 Å². The molecule has 26 heavy (non-hydrogen) atoms. The molecule has 0 aromatic heterocycles. The zero-order valence-corrected chi connectivity index (χ0v) is 13.4. The first-order chi connectivity index (χ1) is 12.4. The van der Waals surface area contributed by atoms with Crippen LogP contribution in [0.5, 0.6) is 0 Å². The van der Waals surface area contributed by atoms with E-state index in [9.17, 15) is 22.8 Å². The van der Waals surface area contributed by atoms with E-state index < -0.39 is 29.3 Å². The maximum atomic E-state index is 13.4. The number of amides is 2. The first-order valence-electron chi connectivity index (χ1n) is 7.61. The van der Waals surface area contributed by atoms with E-state index in [1.54, 1.807) is 0 Å². The minimum Gasteiger partial charge on any atom is -0.350 e. The van der Waals surface area contributed by atoms with Crippen LogP contribution in [-0.4, -0.2) is 23.3 Å². The molecule has 0 spiro atoms. The fourth-order valence-corrected chi connectivity index (χ4v) is 2.59. The number of rotatable bonds is 5. The van der Waals surface area contributed by atoms with Gasteiger partial charge in [0, 0.05) is 18.3 Å². The molecule has 0 unspecified atom stereocenters. The molecule has 3 rings (SSSR count). The van der Waals surface area contributed by atoms with Crippen LogP contribution in [0.4, 0.5) is 18.9 Å². The maximum Gasteiger partial charge on any atom is 0.278 e. The quantitative estimate of drug-likeness (QED) is 0.658. The number of hydrogen-bond donors (Lipinski definition) is 1. The molecule has 0 aliphatic carbocycles. The molecule has 0 bridgehead atoms. The summed E-state index contributed by atoms with van der Waals surface area (Å²) in [6, 6.07) is 8.05. The predicted octanol–water partition coefficient (Wildman–Crippen LogP) is 3.48. The van der Waals surface area contributed by atoms with Gasteiger partial charge in [0.1, 0.15) is 11.5 Å². The summed E-state index contributed by atoms with van der Waals surface area (Å²) < 4.78 is 39.7.